The molecule has 2 aromatic carbocycles. The number of para-hydroxylation sites is 1. The average molecular weight is 411 g/mol. The van der Waals surface area contributed by atoms with Crippen LogP contribution in [0.25, 0.3) is 0 Å². The van der Waals surface area contributed by atoms with Gasteiger partial charge in [0, 0.05) is 24.8 Å². The summed E-state index contributed by atoms with van der Waals surface area (Å²) in [7, 11) is 0. The zero-order valence-electron chi connectivity index (χ0n) is 15.9. The van der Waals surface area contributed by atoms with Crippen LogP contribution in [0.2, 0.25) is 0 Å². The third-order valence-corrected chi connectivity index (χ3v) is 5.01. The van der Waals surface area contributed by atoms with Crippen LogP contribution in [0, 0.1) is 11.6 Å². The molecule has 0 bridgehead atoms. The molecule has 1 aromatic heterocycles. The van der Waals surface area contributed by atoms with E-state index in [0.29, 0.717) is 11.8 Å². The molecule has 0 saturated carbocycles. The number of carbonyl (C=O) groups excluding carboxylic acids is 2. The van der Waals surface area contributed by atoms with Crippen molar-refractivity contribution in [1.29, 1.82) is 0 Å². The van der Waals surface area contributed by atoms with Gasteiger partial charge in [-0.2, -0.15) is 0 Å². The summed E-state index contributed by atoms with van der Waals surface area (Å²) >= 11 is 0. The SMILES string of the molecule is O=C(NC[C@@H](c1ccco1)N1CCc2ccccc21)C(=O)Nc1ccc(F)cc1F. The fourth-order valence-electron chi connectivity index (χ4n) is 3.57. The predicted molar refractivity (Wildman–Crippen MR) is 107 cm³/mol. The largest absolute Gasteiger partial charge is 0.467 e. The van der Waals surface area contributed by atoms with E-state index < -0.39 is 23.4 Å². The van der Waals surface area contributed by atoms with Crippen molar-refractivity contribution in [2.75, 3.05) is 23.3 Å². The zero-order chi connectivity index (χ0) is 21.1. The van der Waals surface area contributed by atoms with Crippen molar-refractivity contribution in [3.63, 3.8) is 0 Å². The number of rotatable bonds is 5. The summed E-state index contributed by atoms with van der Waals surface area (Å²) in [5.74, 6) is -3.05. The summed E-state index contributed by atoms with van der Waals surface area (Å²) in [6, 6.07) is 13.9. The highest BCUT2D eigenvalue weighted by atomic mass is 19.1. The van der Waals surface area contributed by atoms with Crippen molar-refractivity contribution >= 4 is 23.2 Å². The Hall–Kier alpha value is -3.68. The van der Waals surface area contributed by atoms with Crippen molar-refractivity contribution in [3.8, 4) is 0 Å². The van der Waals surface area contributed by atoms with Crippen molar-refractivity contribution in [3.05, 3.63) is 83.8 Å². The number of anilines is 2. The lowest BCUT2D eigenvalue weighted by Gasteiger charge is -2.29. The topological polar surface area (TPSA) is 74.6 Å². The normalized spacial score (nSPS) is 13.6. The van der Waals surface area contributed by atoms with Crippen LogP contribution in [0.3, 0.4) is 0 Å². The Morgan fingerprint density at radius 2 is 1.90 bits per heavy atom. The third kappa shape index (κ3) is 4.03. The Morgan fingerprint density at radius 1 is 1.07 bits per heavy atom. The number of nitrogens with zero attached hydrogens (tertiary/aromatic N) is 1. The van der Waals surface area contributed by atoms with Gasteiger partial charge in [-0.05, 0) is 42.3 Å². The standard InChI is InChI=1S/C22H19F2N3O3/c23-15-7-8-17(16(24)12-15)26-22(29)21(28)25-13-19(20-6-3-11-30-20)27-10-9-14-4-1-2-5-18(14)27/h1-8,11-12,19H,9-10,13H2,(H,25,28)(H,26,29)/t19-/m0/s1. The second-order valence-corrected chi connectivity index (χ2v) is 6.89. The number of carbonyl (C=O) groups is 2. The van der Waals surface area contributed by atoms with Gasteiger partial charge in [0.15, 0.2) is 0 Å². The highest BCUT2D eigenvalue weighted by Crippen LogP contribution is 2.34. The third-order valence-electron chi connectivity index (χ3n) is 5.01. The maximum Gasteiger partial charge on any atom is 0.313 e. The van der Waals surface area contributed by atoms with Crippen LogP contribution in [0.5, 0.6) is 0 Å². The van der Waals surface area contributed by atoms with E-state index in [1.165, 1.54) is 5.56 Å². The molecule has 0 fully saturated rings. The summed E-state index contributed by atoms with van der Waals surface area (Å²) in [5.41, 5.74) is 1.98. The molecule has 30 heavy (non-hydrogen) atoms. The Balaban J connectivity index is 1.45. The number of halogens is 2. The first-order valence-corrected chi connectivity index (χ1v) is 9.45. The monoisotopic (exact) mass is 411 g/mol. The molecule has 4 rings (SSSR count). The van der Waals surface area contributed by atoms with Crippen LogP contribution in [0.4, 0.5) is 20.2 Å². The van der Waals surface area contributed by atoms with Crippen LogP contribution < -0.4 is 15.5 Å². The van der Waals surface area contributed by atoms with E-state index in [1.54, 1.807) is 12.3 Å². The predicted octanol–water partition coefficient (Wildman–Crippen LogP) is 3.42. The zero-order valence-corrected chi connectivity index (χ0v) is 15.9. The minimum Gasteiger partial charge on any atom is -0.467 e. The summed E-state index contributed by atoms with van der Waals surface area (Å²) in [5, 5.41) is 4.73. The van der Waals surface area contributed by atoms with Crippen LogP contribution in [0.15, 0.2) is 65.3 Å². The van der Waals surface area contributed by atoms with E-state index in [1.807, 2.05) is 24.3 Å². The molecule has 1 aliphatic rings. The van der Waals surface area contributed by atoms with Crippen LogP contribution in [-0.4, -0.2) is 24.9 Å². The number of hydrogen-bond acceptors (Lipinski definition) is 4. The Kier molecular flexibility index (Phi) is 5.47. The summed E-state index contributed by atoms with van der Waals surface area (Å²) in [6.45, 7) is 0.855. The van der Waals surface area contributed by atoms with E-state index in [2.05, 4.69) is 21.6 Å². The lowest BCUT2D eigenvalue weighted by atomic mass is 10.1. The van der Waals surface area contributed by atoms with E-state index in [-0.39, 0.29) is 18.3 Å². The van der Waals surface area contributed by atoms with E-state index in [4.69, 9.17) is 4.42 Å². The molecule has 0 aliphatic carbocycles. The fourth-order valence-corrected chi connectivity index (χ4v) is 3.57. The van der Waals surface area contributed by atoms with Gasteiger partial charge in [0.1, 0.15) is 23.4 Å². The van der Waals surface area contributed by atoms with E-state index in [9.17, 15) is 18.4 Å². The molecule has 2 heterocycles. The molecule has 0 unspecified atom stereocenters. The fraction of sp³-hybridized carbons (Fsp3) is 0.182. The highest BCUT2D eigenvalue weighted by Gasteiger charge is 2.29. The molecular formula is C22H19F2N3O3. The summed E-state index contributed by atoms with van der Waals surface area (Å²) in [6.07, 6.45) is 2.42. The number of hydrogen-bond donors (Lipinski definition) is 2. The smallest absolute Gasteiger partial charge is 0.313 e. The molecule has 2 amide bonds. The van der Waals surface area contributed by atoms with Gasteiger partial charge in [0.25, 0.3) is 0 Å². The number of fused-ring (bicyclic) bond motifs is 1. The molecular weight excluding hydrogens is 392 g/mol. The van der Waals surface area contributed by atoms with Gasteiger partial charge in [-0.1, -0.05) is 18.2 Å². The Labute approximate surface area is 171 Å². The van der Waals surface area contributed by atoms with Crippen LogP contribution in [-0.2, 0) is 16.0 Å². The minimum atomic E-state index is -1.04. The molecule has 154 valence electrons. The first-order valence-electron chi connectivity index (χ1n) is 9.45. The van der Waals surface area contributed by atoms with Gasteiger partial charge in [-0.25, -0.2) is 8.78 Å². The molecule has 8 heteroatoms. The number of nitrogens with one attached hydrogen (secondary N) is 2. The van der Waals surface area contributed by atoms with Crippen molar-refractivity contribution < 1.29 is 22.8 Å². The number of benzene rings is 2. The Morgan fingerprint density at radius 3 is 2.67 bits per heavy atom. The molecule has 2 N–H and O–H groups in total. The van der Waals surface area contributed by atoms with Gasteiger partial charge >= 0.3 is 11.8 Å². The molecule has 0 spiro atoms. The molecule has 1 atom stereocenters. The maximum absolute atomic E-state index is 13.7. The van der Waals surface area contributed by atoms with E-state index >= 15 is 0 Å². The molecule has 6 nitrogen and oxygen atoms in total. The maximum atomic E-state index is 13.7. The van der Waals surface area contributed by atoms with E-state index in [0.717, 1.165) is 30.8 Å². The van der Waals surface area contributed by atoms with Gasteiger partial charge < -0.3 is 20.0 Å². The second kappa shape index (κ2) is 8.36. The van der Waals surface area contributed by atoms with Gasteiger partial charge in [-0.3, -0.25) is 9.59 Å². The molecule has 0 radical (unpaired) electrons. The van der Waals surface area contributed by atoms with Crippen LogP contribution >= 0.6 is 0 Å². The van der Waals surface area contributed by atoms with Gasteiger partial charge in [0.05, 0.1) is 12.0 Å². The van der Waals surface area contributed by atoms with Crippen molar-refractivity contribution in [2.24, 2.45) is 0 Å². The average Bonchev–Trinajstić information content (AvgIpc) is 3.41. The Bertz CT molecular complexity index is 1070. The van der Waals surface area contributed by atoms with Gasteiger partial charge in [0.2, 0.25) is 0 Å². The number of amides is 2. The first-order chi connectivity index (χ1) is 14.5. The molecule has 3 aromatic rings. The quantitative estimate of drug-likeness (QED) is 0.631. The lowest BCUT2D eigenvalue weighted by molar-refractivity contribution is -0.136. The molecule has 1 aliphatic heterocycles. The highest BCUT2D eigenvalue weighted by molar-refractivity contribution is 6.39. The second-order valence-electron chi connectivity index (χ2n) is 6.89. The first kappa shape index (κ1) is 19.6. The summed E-state index contributed by atoms with van der Waals surface area (Å²) in [4.78, 5) is 26.6. The minimum absolute atomic E-state index is 0.111. The molecule has 0 saturated heterocycles. The van der Waals surface area contributed by atoms with Gasteiger partial charge in [-0.15, -0.1) is 0 Å². The van der Waals surface area contributed by atoms with Crippen molar-refractivity contribution in [2.45, 2.75) is 12.5 Å². The lowest BCUT2D eigenvalue weighted by Crippen LogP contribution is -2.41. The van der Waals surface area contributed by atoms with Crippen molar-refractivity contribution in [1.82, 2.24) is 5.32 Å². The summed E-state index contributed by atoms with van der Waals surface area (Å²) < 4.78 is 32.3. The van der Waals surface area contributed by atoms with Crippen LogP contribution in [0.1, 0.15) is 17.4 Å². The number of furan rings is 1.